The lowest BCUT2D eigenvalue weighted by Gasteiger charge is -2.07. The predicted molar refractivity (Wildman–Crippen MR) is 71.6 cm³/mol. The van der Waals surface area contributed by atoms with Crippen LogP contribution in [0.4, 0.5) is 0 Å². The van der Waals surface area contributed by atoms with Crippen molar-refractivity contribution < 1.29 is 13.1 Å². The van der Waals surface area contributed by atoms with Gasteiger partial charge in [0.2, 0.25) is 10.0 Å². The number of hydrogen-bond acceptors (Lipinski definition) is 2. The molecule has 2 rings (SSSR count). The van der Waals surface area contributed by atoms with Gasteiger partial charge in [-0.25, -0.2) is 13.1 Å². The second-order valence-electron chi connectivity index (χ2n) is 4.12. The third-order valence-electron chi connectivity index (χ3n) is 2.64. The molecule has 0 fully saturated rings. The molecule has 0 aliphatic rings. The van der Waals surface area contributed by atoms with Gasteiger partial charge in [0.05, 0.1) is 4.90 Å². The molecule has 0 saturated heterocycles. The summed E-state index contributed by atoms with van der Waals surface area (Å²) < 4.78 is 26.6. The molecule has 19 heavy (non-hydrogen) atoms. The highest BCUT2D eigenvalue weighted by Gasteiger charge is 2.12. The molecule has 0 atom stereocenters. The Morgan fingerprint density at radius 2 is 1.53 bits per heavy atom. The van der Waals surface area contributed by atoms with Crippen LogP contribution in [0.15, 0.2) is 59.5 Å². The topological polar surface area (TPSA) is 46.2 Å². The Hall–Kier alpha value is -1.72. The summed E-state index contributed by atoms with van der Waals surface area (Å²) >= 11 is 0. The number of sulfonamides is 1. The molecule has 102 valence electrons. The molecule has 1 N–H and O–H groups in total. The van der Waals surface area contributed by atoms with Crippen LogP contribution < -0.4 is 9.43 Å². The van der Waals surface area contributed by atoms with Gasteiger partial charge in [-0.2, -0.15) is 0 Å². The molecule has 3 nitrogen and oxygen atoms in total. The van der Waals surface area contributed by atoms with Gasteiger partial charge < -0.3 is 4.70 Å². The molecule has 0 saturated carbocycles. The molecule has 0 spiro atoms. The van der Waals surface area contributed by atoms with E-state index in [4.69, 9.17) is 0 Å². The van der Waals surface area contributed by atoms with Crippen molar-refractivity contribution in [3.8, 4) is 0 Å². The van der Waals surface area contributed by atoms with Crippen LogP contribution in [0.3, 0.4) is 0 Å². The molecule has 0 radical (unpaired) electrons. The minimum absolute atomic E-state index is 0. The summed E-state index contributed by atoms with van der Waals surface area (Å²) in [5, 5.41) is 0. The lowest BCUT2D eigenvalue weighted by Crippen LogP contribution is -3.00. The first-order valence-electron chi connectivity index (χ1n) is 5.68. The van der Waals surface area contributed by atoms with Gasteiger partial charge in [0.25, 0.3) is 0 Å². The monoisotopic (exact) mass is 280 g/mol. The van der Waals surface area contributed by atoms with E-state index in [0.717, 1.165) is 11.1 Å². The van der Waals surface area contributed by atoms with Gasteiger partial charge >= 0.3 is 0 Å². The molecule has 0 unspecified atom stereocenters. The second-order valence-corrected chi connectivity index (χ2v) is 5.89. The van der Waals surface area contributed by atoms with Gasteiger partial charge in [0.15, 0.2) is 0 Å². The lowest BCUT2D eigenvalue weighted by molar-refractivity contribution is -0.00000623. The largest absolute Gasteiger partial charge is 1.00 e. The summed E-state index contributed by atoms with van der Waals surface area (Å²) in [6, 6.07) is 16.2. The average molecular weight is 280 g/mol. The molecule has 0 heterocycles. The predicted octanol–water partition coefficient (Wildman–Crippen LogP) is -0.522. The molecule has 2 aromatic carbocycles. The second kappa shape index (κ2) is 6.45. The zero-order chi connectivity index (χ0) is 13.0. The van der Waals surface area contributed by atoms with Crippen molar-refractivity contribution in [3.63, 3.8) is 0 Å². The Balaban J connectivity index is 0.00000180. The number of hydrogen-bond donors (Lipinski definition) is 1. The van der Waals surface area contributed by atoms with E-state index in [1.807, 2.05) is 37.3 Å². The lowest BCUT2D eigenvalue weighted by atomic mass is 10.2. The van der Waals surface area contributed by atoms with Crippen LogP contribution in [-0.2, 0) is 16.6 Å². The zero-order valence-electron chi connectivity index (χ0n) is 10.5. The Morgan fingerprint density at radius 1 is 0.947 bits per heavy atom. The third-order valence-corrected chi connectivity index (χ3v) is 4.06. The number of halogens is 1. The Bertz CT molecular complexity index is 610. The van der Waals surface area contributed by atoms with E-state index in [1.54, 1.807) is 24.3 Å². The SMILES string of the molecule is Cc1ccc(S(=O)(=O)NCc2ccccc2)cc1.[F-]. The van der Waals surface area contributed by atoms with E-state index < -0.39 is 10.0 Å². The van der Waals surface area contributed by atoms with Gasteiger partial charge in [-0.05, 0) is 24.6 Å². The highest BCUT2D eigenvalue weighted by Crippen LogP contribution is 2.10. The average Bonchev–Trinajstić information content (AvgIpc) is 2.38. The Morgan fingerprint density at radius 3 is 2.11 bits per heavy atom. The van der Waals surface area contributed by atoms with Gasteiger partial charge in [-0.1, -0.05) is 48.0 Å². The first-order chi connectivity index (χ1) is 8.58. The van der Waals surface area contributed by atoms with Crippen molar-refractivity contribution >= 4 is 10.0 Å². The minimum Gasteiger partial charge on any atom is -1.00 e. The maximum Gasteiger partial charge on any atom is 0.240 e. The van der Waals surface area contributed by atoms with Crippen molar-refractivity contribution in [2.24, 2.45) is 0 Å². The van der Waals surface area contributed by atoms with Crippen LogP contribution in [-0.4, -0.2) is 8.42 Å². The van der Waals surface area contributed by atoms with Gasteiger partial charge in [-0.3, -0.25) is 0 Å². The van der Waals surface area contributed by atoms with Crippen molar-refractivity contribution in [1.82, 2.24) is 4.72 Å². The van der Waals surface area contributed by atoms with Gasteiger partial charge in [0, 0.05) is 6.54 Å². The maximum absolute atomic E-state index is 12.0. The van der Waals surface area contributed by atoms with E-state index in [9.17, 15) is 8.42 Å². The van der Waals surface area contributed by atoms with Crippen molar-refractivity contribution in [2.75, 3.05) is 0 Å². The van der Waals surface area contributed by atoms with Crippen LogP contribution >= 0.6 is 0 Å². The smallest absolute Gasteiger partial charge is 0.240 e. The van der Waals surface area contributed by atoms with Crippen LogP contribution in [0.25, 0.3) is 0 Å². The first kappa shape index (κ1) is 15.3. The normalized spacial score (nSPS) is 10.8. The summed E-state index contributed by atoms with van der Waals surface area (Å²) in [6.45, 7) is 2.23. The molecule has 0 aliphatic heterocycles. The summed E-state index contributed by atoms with van der Waals surface area (Å²) in [7, 11) is -3.43. The number of rotatable bonds is 4. The molecule has 0 amide bonds. The van der Waals surface area contributed by atoms with E-state index >= 15 is 0 Å². The van der Waals surface area contributed by atoms with E-state index in [2.05, 4.69) is 4.72 Å². The summed E-state index contributed by atoms with van der Waals surface area (Å²) in [5.74, 6) is 0. The Kier molecular flexibility index (Phi) is 5.20. The Labute approximate surface area is 112 Å². The summed E-state index contributed by atoms with van der Waals surface area (Å²) in [6.07, 6.45) is 0. The van der Waals surface area contributed by atoms with Crippen molar-refractivity contribution in [3.05, 3.63) is 65.7 Å². The third kappa shape index (κ3) is 4.15. The fraction of sp³-hybridized carbons (Fsp3) is 0.143. The molecular weight excluding hydrogens is 265 g/mol. The number of aryl methyl sites for hydroxylation is 1. The maximum atomic E-state index is 12.0. The van der Waals surface area contributed by atoms with Crippen molar-refractivity contribution in [1.29, 1.82) is 0 Å². The van der Waals surface area contributed by atoms with Crippen LogP contribution in [0, 0.1) is 6.92 Å². The standard InChI is InChI=1S/C14H15NO2S.FH/c1-12-7-9-14(10-8-12)18(16,17)15-11-13-5-3-2-4-6-13;/h2-10,15H,11H2,1H3;1H/p-1. The summed E-state index contributed by atoms with van der Waals surface area (Å²) in [5.41, 5.74) is 1.98. The van der Waals surface area contributed by atoms with Crippen molar-refractivity contribution in [2.45, 2.75) is 18.4 Å². The van der Waals surface area contributed by atoms with E-state index in [-0.39, 0.29) is 4.70 Å². The van der Waals surface area contributed by atoms with Crippen LogP contribution in [0.5, 0.6) is 0 Å². The fourth-order valence-corrected chi connectivity index (χ4v) is 2.59. The minimum atomic E-state index is -3.43. The van der Waals surface area contributed by atoms with E-state index in [1.165, 1.54) is 0 Å². The molecule has 0 bridgehead atoms. The van der Waals surface area contributed by atoms with Gasteiger partial charge in [-0.15, -0.1) is 0 Å². The molecule has 5 heteroatoms. The van der Waals surface area contributed by atoms with Crippen LogP contribution in [0.2, 0.25) is 0 Å². The van der Waals surface area contributed by atoms with Gasteiger partial charge in [0.1, 0.15) is 0 Å². The number of nitrogens with one attached hydrogen (secondary N) is 1. The highest BCUT2D eigenvalue weighted by molar-refractivity contribution is 7.89. The zero-order valence-corrected chi connectivity index (χ0v) is 11.3. The molecular formula is C14H15FNO2S-. The quantitative estimate of drug-likeness (QED) is 0.819. The first-order valence-corrected chi connectivity index (χ1v) is 7.16. The molecule has 2 aromatic rings. The summed E-state index contributed by atoms with van der Waals surface area (Å²) in [4.78, 5) is 0.295. The fourth-order valence-electron chi connectivity index (χ4n) is 1.57. The highest BCUT2D eigenvalue weighted by atomic mass is 32.2. The van der Waals surface area contributed by atoms with E-state index in [0.29, 0.717) is 11.4 Å². The number of benzene rings is 2. The van der Waals surface area contributed by atoms with Crippen LogP contribution in [0.1, 0.15) is 11.1 Å². The molecule has 0 aliphatic carbocycles. The molecule has 0 aromatic heterocycles.